The Labute approximate surface area is 152 Å². The van der Waals surface area contributed by atoms with Crippen molar-refractivity contribution >= 4 is 17.5 Å². The number of benzene rings is 2. The summed E-state index contributed by atoms with van der Waals surface area (Å²) in [6, 6.07) is 14.9. The lowest BCUT2D eigenvalue weighted by Gasteiger charge is -2.31. The van der Waals surface area contributed by atoms with E-state index >= 15 is 0 Å². The molecule has 1 heterocycles. The number of anilines is 1. The van der Waals surface area contributed by atoms with E-state index in [1.807, 2.05) is 43.3 Å². The number of carbonyl (C=O) groups is 2. The lowest BCUT2D eigenvalue weighted by atomic mass is 10.2. The van der Waals surface area contributed by atoms with Gasteiger partial charge in [0.05, 0.1) is 12.8 Å². The van der Waals surface area contributed by atoms with E-state index in [0.717, 1.165) is 11.3 Å². The third-order valence-corrected chi connectivity index (χ3v) is 4.37. The molecule has 0 bridgehead atoms. The first-order valence-electron chi connectivity index (χ1n) is 8.55. The van der Waals surface area contributed by atoms with Gasteiger partial charge in [-0.2, -0.15) is 0 Å². The van der Waals surface area contributed by atoms with Crippen molar-refractivity contribution in [3.63, 3.8) is 0 Å². The predicted octanol–water partition coefficient (Wildman–Crippen LogP) is 2.47. The van der Waals surface area contributed by atoms with E-state index in [9.17, 15) is 9.59 Å². The molecule has 6 nitrogen and oxygen atoms in total. The monoisotopic (exact) mass is 354 g/mol. The normalized spacial score (nSPS) is 13.0. The number of rotatable bonds is 6. The highest BCUT2D eigenvalue weighted by atomic mass is 16.5. The van der Waals surface area contributed by atoms with E-state index in [0.29, 0.717) is 24.5 Å². The molecule has 26 heavy (non-hydrogen) atoms. The first-order chi connectivity index (χ1) is 12.6. The maximum absolute atomic E-state index is 12.8. The van der Waals surface area contributed by atoms with E-state index in [2.05, 4.69) is 0 Å². The summed E-state index contributed by atoms with van der Waals surface area (Å²) >= 11 is 0. The van der Waals surface area contributed by atoms with Crippen LogP contribution in [-0.2, 0) is 16.1 Å². The second-order valence-corrected chi connectivity index (χ2v) is 5.99. The van der Waals surface area contributed by atoms with Crippen molar-refractivity contribution in [3.05, 3.63) is 54.1 Å². The molecular formula is C20H22N2O4. The average Bonchev–Trinajstić information content (AvgIpc) is 2.68. The molecule has 1 aliphatic rings. The van der Waals surface area contributed by atoms with Gasteiger partial charge >= 0.3 is 0 Å². The van der Waals surface area contributed by atoms with Crippen LogP contribution in [0.4, 0.5) is 5.69 Å². The molecule has 0 spiro atoms. The van der Waals surface area contributed by atoms with Gasteiger partial charge in [-0.15, -0.1) is 0 Å². The number of carbonyl (C=O) groups excluding carboxylic acids is 2. The third kappa shape index (κ3) is 3.79. The van der Waals surface area contributed by atoms with Crippen LogP contribution in [0.25, 0.3) is 0 Å². The van der Waals surface area contributed by atoms with Crippen LogP contribution >= 0.6 is 0 Å². The van der Waals surface area contributed by atoms with Crippen molar-refractivity contribution in [2.75, 3.05) is 31.7 Å². The fraction of sp³-hybridized carbons (Fsp3) is 0.300. The van der Waals surface area contributed by atoms with Crippen LogP contribution in [0.2, 0.25) is 0 Å². The summed E-state index contributed by atoms with van der Waals surface area (Å²) in [6.07, 6.45) is 0. The number of ether oxygens (including phenoxy) is 2. The molecule has 2 aromatic carbocycles. The third-order valence-electron chi connectivity index (χ3n) is 4.37. The Kier molecular flexibility index (Phi) is 5.41. The molecule has 2 amide bonds. The number of likely N-dealkylation sites (N-methyl/N-ethyl adjacent to an activating group) is 1. The molecule has 2 aromatic rings. The van der Waals surface area contributed by atoms with Crippen LogP contribution in [-0.4, -0.2) is 43.5 Å². The quantitative estimate of drug-likeness (QED) is 0.800. The van der Waals surface area contributed by atoms with Crippen molar-refractivity contribution in [1.82, 2.24) is 4.90 Å². The van der Waals surface area contributed by atoms with E-state index in [1.54, 1.807) is 24.1 Å². The van der Waals surface area contributed by atoms with Crippen LogP contribution < -0.4 is 14.4 Å². The number of hydrogen-bond acceptors (Lipinski definition) is 4. The SMILES string of the molecule is CCN(Cc1ccc(OC)cc1)C(=O)CN1C(=O)COc2ccccc21. The number of hydrogen-bond donors (Lipinski definition) is 0. The summed E-state index contributed by atoms with van der Waals surface area (Å²) in [6.45, 7) is 2.93. The minimum absolute atomic E-state index is 0.00318. The summed E-state index contributed by atoms with van der Waals surface area (Å²) in [5, 5.41) is 0. The van der Waals surface area contributed by atoms with Crippen molar-refractivity contribution in [2.45, 2.75) is 13.5 Å². The van der Waals surface area contributed by atoms with Crippen LogP contribution in [0.15, 0.2) is 48.5 Å². The van der Waals surface area contributed by atoms with Gasteiger partial charge in [0.2, 0.25) is 5.91 Å². The van der Waals surface area contributed by atoms with Gasteiger partial charge in [-0.25, -0.2) is 0 Å². The number of para-hydroxylation sites is 2. The summed E-state index contributed by atoms with van der Waals surface area (Å²) in [4.78, 5) is 28.3. The fourth-order valence-electron chi connectivity index (χ4n) is 2.89. The molecule has 0 unspecified atom stereocenters. The Morgan fingerprint density at radius 1 is 1.19 bits per heavy atom. The van der Waals surface area contributed by atoms with Crippen LogP contribution in [0.3, 0.4) is 0 Å². The molecule has 136 valence electrons. The molecule has 0 saturated heterocycles. The zero-order valence-electron chi connectivity index (χ0n) is 15.0. The summed E-state index contributed by atoms with van der Waals surface area (Å²) < 4.78 is 10.6. The second-order valence-electron chi connectivity index (χ2n) is 5.99. The molecule has 0 radical (unpaired) electrons. The molecule has 0 fully saturated rings. The first kappa shape index (κ1) is 17.8. The highest BCUT2D eigenvalue weighted by molar-refractivity contribution is 6.02. The first-order valence-corrected chi connectivity index (χ1v) is 8.55. The average molecular weight is 354 g/mol. The Balaban J connectivity index is 1.72. The second kappa shape index (κ2) is 7.91. The molecule has 0 N–H and O–H groups in total. The Hall–Kier alpha value is -3.02. The van der Waals surface area contributed by atoms with Crippen LogP contribution in [0.5, 0.6) is 11.5 Å². The van der Waals surface area contributed by atoms with Gasteiger partial charge in [-0.3, -0.25) is 14.5 Å². The zero-order valence-corrected chi connectivity index (χ0v) is 15.0. The number of amides is 2. The molecular weight excluding hydrogens is 332 g/mol. The molecule has 3 rings (SSSR count). The van der Waals surface area contributed by atoms with Gasteiger partial charge in [0.15, 0.2) is 6.61 Å². The van der Waals surface area contributed by atoms with Crippen LogP contribution in [0, 0.1) is 0 Å². The zero-order chi connectivity index (χ0) is 18.5. The standard InChI is InChI=1S/C20H22N2O4/c1-3-21(12-15-8-10-16(25-2)11-9-15)19(23)13-22-17-6-4-5-7-18(17)26-14-20(22)24/h4-11H,3,12-14H2,1-2H3. The highest BCUT2D eigenvalue weighted by Crippen LogP contribution is 2.31. The smallest absolute Gasteiger partial charge is 0.265 e. The Morgan fingerprint density at radius 2 is 1.92 bits per heavy atom. The summed E-state index contributed by atoms with van der Waals surface area (Å²) in [7, 11) is 1.62. The topological polar surface area (TPSA) is 59.1 Å². The maximum atomic E-state index is 12.8. The van der Waals surface area contributed by atoms with Gasteiger partial charge in [0, 0.05) is 13.1 Å². The van der Waals surface area contributed by atoms with Gasteiger partial charge in [0.1, 0.15) is 18.0 Å². The van der Waals surface area contributed by atoms with Gasteiger partial charge < -0.3 is 14.4 Å². The molecule has 1 aliphatic heterocycles. The number of methoxy groups -OCH3 is 1. The maximum Gasteiger partial charge on any atom is 0.265 e. The summed E-state index contributed by atoms with van der Waals surface area (Å²) in [5.41, 5.74) is 1.65. The molecule has 0 saturated carbocycles. The summed E-state index contributed by atoms with van der Waals surface area (Å²) in [5.74, 6) is 1.09. The van der Waals surface area contributed by atoms with E-state index in [1.165, 1.54) is 4.90 Å². The molecule has 0 aromatic heterocycles. The highest BCUT2D eigenvalue weighted by Gasteiger charge is 2.28. The molecule has 0 atom stereocenters. The van der Waals surface area contributed by atoms with E-state index in [-0.39, 0.29) is 25.0 Å². The largest absolute Gasteiger partial charge is 0.497 e. The lowest BCUT2D eigenvalue weighted by molar-refractivity contribution is -0.132. The van der Waals surface area contributed by atoms with Crippen LogP contribution in [0.1, 0.15) is 12.5 Å². The van der Waals surface area contributed by atoms with Gasteiger partial charge in [0.25, 0.3) is 5.91 Å². The Morgan fingerprint density at radius 3 is 2.62 bits per heavy atom. The lowest BCUT2D eigenvalue weighted by Crippen LogP contribution is -2.46. The minimum atomic E-state index is -0.211. The van der Waals surface area contributed by atoms with Crippen molar-refractivity contribution in [1.29, 1.82) is 0 Å². The van der Waals surface area contributed by atoms with E-state index in [4.69, 9.17) is 9.47 Å². The molecule has 6 heteroatoms. The molecule has 0 aliphatic carbocycles. The van der Waals surface area contributed by atoms with Crippen molar-refractivity contribution < 1.29 is 19.1 Å². The van der Waals surface area contributed by atoms with E-state index < -0.39 is 0 Å². The predicted molar refractivity (Wildman–Crippen MR) is 98.4 cm³/mol. The van der Waals surface area contributed by atoms with Gasteiger partial charge in [-0.05, 0) is 36.8 Å². The van der Waals surface area contributed by atoms with Gasteiger partial charge in [-0.1, -0.05) is 24.3 Å². The van der Waals surface area contributed by atoms with Crippen molar-refractivity contribution in [3.8, 4) is 11.5 Å². The van der Waals surface area contributed by atoms with Crippen molar-refractivity contribution in [2.24, 2.45) is 0 Å². The number of fused-ring (bicyclic) bond motifs is 1. The number of nitrogens with zero attached hydrogens (tertiary/aromatic N) is 2. The Bertz CT molecular complexity index is 789. The minimum Gasteiger partial charge on any atom is -0.497 e. The fourth-order valence-corrected chi connectivity index (χ4v) is 2.89.